The molecule has 2 aromatic rings. The van der Waals surface area contributed by atoms with Crippen LogP contribution >= 0.6 is 0 Å². The smallest absolute Gasteiger partial charge is 0.336 e. The summed E-state index contributed by atoms with van der Waals surface area (Å²) in [7, 11) is 0. The Bertz CT molecular complexity index is 791. The summed E-state index contributed by atoms with van der Waals surface area (Å²) in [4.78, 5) is 11.6. The van der Waals surface area contributed by atoms with E-state index in [0.29, 0.717) is 23.5 Å². The maximum atomic E-state index is 11.6. The third kappa shape index (κ3) is 4.46. The van der Waals surface area contributed by atoms with Gasteiger partial charge in [-0.15, -0.1) is 0 Å². The number of benzene rings is 1. The molecule has 1 aromatic carbocycles. The second-order valence-corrected chi connectivity index (χ2v) is 6.68. The van der Waals surface area contributed by atoms with Crippen molar-refractivity contribution in [3.63, 3.8) is 0 Å². The first-order chi connectivity index (χ1) is 11.2. The van der Waals surface area contributed by atoms with Crippen LogP contribution in [0.25, 0.3) is 11.0 Å². The Labute approximate surface area is 141 Å². The maximum absolute atomic E-state index is 11.6. The van der Waals surface area contributed by atoms with Crippen LogP contribution < -0.4 is 10.4 Å². The standard InChI is InChI=1S/C19H24O5/c1-12(2)9-10-23-15-7-5-13-6-8-17(21)24-18(13)14(15)11-16(20)19(3,4)22/h5-9,16,20,22H,10-11H2,1-4H3/t16-/m1/s1. The van der Waals surface area contributed by atoms with Gasteiger partial charge < -0.3 is 19.4 Å². The van der Waals surface area contributed by atoms with Gasteiger partial charge in [0.1, 0.15) is 17.9 Å². The molecular formula is C19H24O5. The van der Waals surface area contributed by atoms with Crippen LogP contribution in [-0.2, 0) is 6.42 Å². The average molecular weight is 332 g/mol. The molecule has 0 saturated heterocycles. The number of allylic oxidation sites excluding steroid dienone is 1. The molecule has 130 valence electrons. The summed E-state index contributed by atoms with van der Waals surface area (Å²) < 4.78 is 11.1. The highest BCUT2D eigenvalue weighted by Gasteiger charge is 2.27. The third-order valence-corrected chi connectivity index (χ3v) is 3.79. The highest BCUT2D eigenvalue weighted by molar-refractivity contribution is 5.82. The average Bonchev–Trinajstić information content (AvgIpc) is 2.47. The lowest BCUT2D eigenvalue weighted by Gasteiger charge is -2.25. The van der Waals surface area contributed by atoms with Crippen LogP contribution in [0.1, 0.15) is 33.3 Å². The van der Waals surface area contributed by atoms with Gasteiger partial charge in [-0.2, -0.15) is 0 Å². The van der Waals surface area contributed by atoms with Crippen LogP contribution in [0.15, 0.2) is 45.1 Å². The quantitative estimate of drug-likeness (QED) is 0.628. The molecule has 0 aliphatic rings. The SMILES string of the molecule is CC(C)=CCOc1ccc2ccc(=O)oc2c1C[C@@H](O)C(C)(C)O. The van der Waals surface area contributed by atoms with Crippen molar-refractivity contribution in [1.82, 2.24) is 0 Å². The summed E-state index contributed by atoms with van der Waals surface area (Å²) in [6.45, 7) is 7.38. The van der Waals surface area contributed by atoms with Crippen molar-refractivity contribution in [2.24, 2.45) is 0 Å². The van der Waals surface area contributed by atoms with Crippen molar-refractivity contribution in [3.8, 4) is 5.75 Å². The van der Waals surface area contributed by atoms with Crippen LogP contribution in [0.3, 0.4) is 0 Å². The van der Waals surface area contributed by atoms with Crippen LogP contribution in [0.4, 0.5) is 0 Å². The number of hydrogen-bond acceptors (Lipinski definition) is 5. The Balaban J connectivity index is 2.49. The van der Waals surface area contributed by atoms with E-state index >= 15 is 0 Å². The molecule has 1 aromatic heterocycles. The second-order valence-electron chi connectivity index (χ2n) is 6.68. The Morgan fingerprint density at radius 2 is 1.96 bits per heavy atom. The van der Waals surface area contributed by atoms with Crippen molar-refractivity contribution in [2.45, 2.75) is 45.8 Å². The van der Waals surface area contributed by atoms with E-state index in [1.54, 1.807) is 18.2 Å². The summed E-state index contributed by atoms with van der Waals surface area (Å²) >= 11 is 0. The van der Waals surface area contributed by atoms with Gasteiger partial charge in [-0.1, -0.05) is 5.57 Å². The summed E-state index contributed by atoms with van der Waals surface area (Å²) in [5.41, 5.74) is 0.319. The number of aliphatic hydroxyl groups is 2. The predicted octanol–water partition coefficient (Wildman–Crippen LogP) is 2.81. The van der Waals surface area contributed by atoms with Crippen LogP contribution in [0, 0.1) is 0 Å². The third-order valence-electron chi connectivity index (χ3n) is 3.79. The Kier molecular flexibility index (Phi) is 5.47. The van der Waals surface area contributed by atoms with Crippen LogP contribution in [0.5, 0.6) is 5.75 Å². The van der Waals surface area contributed by atoms with E-state index in [0.717, 1.165) is 11.0 Å². The molecule has 1 heterocycles. The molecular weight excluding hydrogens is 308 g/mol. The van der Waals surface area contributed by atoms with Crippen LogP contribution in [-0.4, -0.2) is 28.5 Å². The minimum absolute atomic E-state index is 0.109. The van der Waals surface area contributed by atoms with E-state index in [1.165, 1.54) is 19.9 Å². The van der Waals surface area contributed by atoms with Gasteiger partial charge in [0.05, 0.1) is 11.7 Å². The lowest BCUT2D eigenvalue weighted by molar-refractivity contribution is -0.0470. The van der Waals surface area contributed by atoms with Gasteiger partial charge in [0.2, 0.25) is 0 Å². The largest absolute Gasteiger partial charge is 0.489 e. The number of aliphatic hydroxyl groups excluding tert-OH is 1. The first-order valence-corrected chi connectivity index (χ1v) is 7.91. The zero-order valence-corrected chi connectivity index (χ0v) is 14.5. The highest BCUT2D eigenvalue weighted by Crippen LogP contribution is 2.30. The van der Waals surface area contributed by atoms with Gasteiger partial charge in [0.15, 0.2) is 0 Å². The van der Waals surface area contributed by atoms with Crippen molar-refractivity contribution < 1.29 is 19.4 Å². The van der Waals surface area contributed by atoms with Gasteiger partial charge >= 0.3 is 5.63 Å². The zero-order chi connectivity index (χ0) is 17.9. The molecule has 24 heavy (non-hydrogen) atoms. The lowest BCUT2D eigenvalue weighted by Crippen LogP contribution is -2.37. The maximum Gasteiger partial charge on any atom is 0.336 e. The lowest BCUT2D eigenvalue weighted by atomic mass is 9.94. The molecule has 2 N–H and O–H groups in total. The Hall–Kier alpha value is -2.11. The van der Waals surface area contributed by atoms with Gasteiger partial charge in [0, 0.05) is 23.4 Å². The van der Waals surface area contributed by atoms with E-state index in [2.05, 4.69) is 0 Å². The first kappa shape index (κ1) is 18.2. The number of rotatable bonds is 6. The van der Waals surface area contributed by atoms with Crippen molar-refractivity contribution >= 4 is 11.0 Å². The van der Waals surface area contributed by atoms with Gasteiger partial charge in [-0.05, 0) is 52.0 Å². The Morgan fingerprint density at radius 1 is 1.29 bits per heavy atom. The summed E-state index contributed by atoms with van der Waals surface area (Å²) in [5.74, 6) is 0.526. The fourth-order valence-corrected chi connectivity index (χ4v) is 2.24. The molecule has 0 fully saturated rings. The highest BCUT2D eigenvalue weighted by atomic mass is 16.5. The summed E-state index contributed by atoms with van der Waals surface area (Å²) in [6.07, 6.45) is 1.01. The molecule has 2 rings (SSSR count). The zero-order valence-electron chi connectivity index (χ0n) is 14.5. The minimum Gasteiger partial charge on any atom is -0.489 e. The van der Waals surface area contributed by atoms with Gasteiger partial charge in [0.25, 0.3) is 0 Å². The molecule has 5 heteroatoms. The molecule has 5 nitrogen and oxygen atoms in total. The van der Waals surface area contributed by atoms with Crippen LogP contribution in [0.2, 0.25) is 0 Å². The molecule has 1 atom stereocenters. The fraction of sp³-hybridized carbons (Fsp3) is 0.421. The van der Waals surface area contributed by atoms with E-state index < -0.39 is 17.3 Å². The number of ether oxygens (including phenoxy) is 1. The Morgan fingerprint density at radius 3 is 2.58 bits per heavy atom. The van der Waals surface area contributed by atoms with Crippen molar-refractivity contribution in [1.29, 1.82) is 0 Å². The topological polar surface area (TPSA) is 79.9 Å². The molecule has 0 aliphatic carbocycles. The first-order valence-electron chi connectivity index (χ1n) is 7.91. The van der Waals surface area contributed by atoms with Crippen molar-refractivity contribution in [3.05, 3.63) is 51.9 Å². The van der Waals surface area contributed by atoms with Crippen molar-refractivity contribution in [2.75, 3.05) is 6.61 Å². The molecule has 0 amide bonds. The summed E-state index contributed by atoms with van der Waals surface area (Å²) in [6, 6.07) is 6.60. The van der Waals surface area contributed by atoms with E-state index in [1.807, 2.05) is 19.9 Å². The number of fused-ring (bicyclic) bond motifs is 1. The molecule has 0 radical (unpaired) electrons. The monoisotopic (exact) mass is 332 g/mol. The fourth-order valence-electron chi connectivity index (χ4n) is 2.24. The molecule has 0 spiro atoms. The molecule has 0 aliphatic heterocycles. The van der Waals surface area contributed by atoms with Gasteiger partial charge in [-0.25, -0.2) is 4.79 Å². The summed E-state index contributed by atoms with van der Waals surface area (Å²) in [5, 5.41) is 21.0. The molecule has 0 bridgehead atoms. The normalized spacial score (nSPS) is 12.9. The van der Waals surface area contributed by atoms with E-state index in [4.69, 9.17) is 9.15 Å². The van der Waals surface area contributed by atoms with E-state index in [9.17, 15) is 15.0 Å². The molecule has 0 saturated carbocycles. The predicted molar refractivity (Wildman–Crippen MR) is 93.4 cm³/mol. The minimum atomic E-state index is -1.28. The molecule has 0 unspecified atom stereocenters. The van der Waals surface area contributed by atoms with E-state index in [-0.39, 0.29) is 6.42 Å². The van der Waals surface area contributed by atoms with Gasteiger partial charge in [-0.3, -0.25) is 0 Å². The second kappa shape index (κ2) is 7.20. The number of hydrogen-bond donors (Lipinski definition) is 2.